The summed E-state index contributed by atoms with van der Waals surface area (Å²) in [6.07, 6.45) is 0. The zero-order chi connectivity index (χ0) is 11.1. The van der Waals surface area contributed by atoms with Crippen LogP contribution in [0.2, 0.25) is 0 Å². The number of aromatic nitrogens is 8. The van der Waals surface area contributed by atoms with Crippen LogP contribution in [0.25, 0.3) is 0 Å². The Bertz CT molecular complexity index is 433. The lowest BCUT2D eigenvalue weighted by Crippen LogP contribution is -2.14. The molecule has 2 heterocycles. The standard InChI is InChI=1S/C2H4N14/c3-1(4-10-9-3)7-13-15-16-14-8-2-5-11-12-6-2/h(H2,3,4,7,9,10,14,15)(H2,5,6,8,11,12,13,16). The second-order valence-electron chi connectivity index (χ2n) is 2.06. The van der Waals surface area contributed by atoms with E-state index < -0.39 is 0 Å². The fourth-order valence-corrected chi connectivity index (χ4v) is 0.591. The van der Waals surface area contributed by atoms with E-state index in [1.807, 2.05) is 0 Å². The third kappa shape index (κ3) is 2.72. The molecule has 0 fully saturated rings. The molecule has 4 N–H and O–H groups in total. The molecule has 2 aromatic heterocycles. The van der Waals surface area contributed by atoms with Crippen molar-refractivity contribution < 1.29 is 0 Å². The first-order chi connectivity index (χ1) is 7.95. The summed E-state index contributed by atoms with van der Waals surface area (Å²) >= 11 is 0. The van der Waals surface area contributed by atoms with Crippen LogP contribution in [-0.2, 0) is 0 Å². The molecule has 16 heavy (non-hydrogen) atoms. The molecule has 82 valence electrons. The minimum atomic E-state index is 0.0464. The Morgan fingerprint density at radius 2 is 1.88 bits per heavy atom. The predicted octanol–water partition coefficient (Wildman–Crippen LogP) is -1.30. The van der Waals surface area contributed by atoms with Crippen molar-refractivity contribution in [1.29, 1.82) is 0 Å². The summed E-state index contributed by atoms with van der Waals surface area (Å²) in [5.41, 5.74) is 4.71. The largest absolute Gasteiger partial charge is 0.309 e. The van der Waals surface area contributed by atoms with Crippen LogP contribution in [0.1, 0.15) is 0 Å². The molecule has 0 aliphatic heterocycles. The van der Waals surface area contributed by atoms with Gasteiger partial charge >= 0.3 is 5.95 Å². The van der Waals surface area contributed by atoms with Gasteiger partial charge < -0.3 is 0 Å². The van der Waals surface area contributed by atoms with E-state index in [-0.39, 0.29) is 11.9 Å². The maximum absolute atomic E-state index is 3.57. The molecule has 0 spiro atoms. The Hall–Kier alpha value is -3.06. The molecular weight excluding hydrogens is 220 g/mol. The molecule has 0 aliphatic carbocycles. The maximum atomic E-state index is 3.57. The molecule has 0 aromatic carbocycles. The molecule has 2 aromatic rings. The third-order valence-corrected chi connectivity index (χ3v) is 1.12. The average Bonchev–Trinajstić information content (AvgIpc) is 2.96. The lowest BCUT2D eigenvalue weighted by molar-refractivity contribution is 0.741. The molecule has 0 atom stereocenters. The lowest BCUT2D eigenvalue weighted by Gasteiger charge is -1.93. The predicted molar refractivity (Wildman–Crippen MR) is 44.5 cm³/mol. The van der Waals surface area contributed by atoms with Crippen molar-refractivity contribution in [2.24, 2.45) is 20.8 Å². The van der Waals surface area contributed by atoms with Gasteiger partial charge in [0.25, 0.3) is 5.95 Å². The molecule has 0 bridgehead atoms. The lowest BCUT2D eigenvalue weighted by atomic mass is 11.1. The third-order valence-electron chi connectivity index (χ3n) is 1.12. The summed E-state index contributed by atoms with van der Waals surface area (Å²) in [5.74, 6) is 0.249. The second-order valence-corrected chi connectivity index (χ2v) is 2.06. The van der Waals surface area contributed by atoms with Crippen LogP contribution in [0.3, 0.4) is 0 Å². The molecule has 0 unspecified atom stereocenters. The molecule has 0 saturated carbocycles. The van der Waals surface area contributed by atoms with Crippen molar-refractivity contribution in [2.75, 3.05) is 5.43 Å². The van der Waals surface area contributed by atoms with E-state index in [1.165, 1.54) is 0 Å². The van der Waals surface area contributed by atoms with Gasteiger partial charge in [-0.25, -0.2) is 5.43 Å². The van der Waals surface area contributed by atoms with Gasteiger partial charge in [-0.3, -0.25) is 0 Å². The first kappa shape index (κ1) is 9.49. The van der Waals surface area contributed by atoms with Crippen LogP contribution >= 0.6 is 0 Å². The van der Waals surface area contributed by atoms with Gasteiger partial charge in [-0.05, 0) is 26.1 Å². The minimum Gasteiger partial charge on any atom is -0.248 e. The van der Waals surface area contributed by atoms with Gasteiger partial charge in [0.1, 0.15) is 0 Å². The average molecular weight is 224 g/mol. The van der Waals surface area contributed by atoms with Gasteiger partial charge in [0.15, 0.2) is 0 Å². The fourth-order valence-electron chi connectivity index (χ4n) is 0.591. The molecule has 14 nitrogen and oxygen atoms in total. The molecule has 0 aliphatic rings. The van der Waals surface area contributed by atoms with E-state index in [0.717, 1.165) is 0 Å². The molecule has 0 radical (unpaired) electrons. The number of anilines is 1. The first-order valence-corrected chi connectivity index (χ1v) is 3.74. The normalized spacial score (nSPS) is 11.2. The summed E-state index contributed by atoms with van der Waals surface area (Å²) in [4.78, 5) is 0. The van der Waals surface area contributed by atoms with Crippen LogP contribution in [-0.4, -0.2) is 41.2 Å². The molecule has 14 heteroatoms. The van der Waals surface area contributed by atoms with E-state index in [9.17, 15) is 0 Å². The van der Waals surface area contributed by atoms with Gasteiger partial charge in [-0.15, -0.1) is 10.2 Å². The Labute approximate surface area is 85.9 Å². The van der Waals surface area contributed by atoms with Gasteiger partial charge in [0.2, 0.25) is 0 Å². The topological polar surface area (TPSA) is 182 Å². The maximum Gasteiger partial charge on any atom is 0.309 e. The molecule has 0 saturated heterocycles. The Morgan fingerprint density at radius 1 is 1.00 bits per heavy atom. The summed E-state index contributed by atoms with van der Waals surface area (Å²) < 4.78 is 0. The Morgan fingerprint density at radius 3 is 2.62 bits per heavy atom. The Balaban J connectivity index is 1.70. The van der Waals surface area contributed by atoms with Crippen molar-refractivity contribution in [2.45, 2.75) is 0 Å². The fraction of sp³-hybridized carbons (Fsp3) is 0. The van der Waals surface area contributed by atoms with Gasteiger partial charge in [0.05, 0.1) is 0 Å². The number of rotatable bonds is 5. The number of aromatic amines is 2. The highest BCUT2D eigenvalue weighted by molar-refractivity contribution is 5.15. The number of hydrazine groups is 1. The Kier molecular flexibility index (Phi) is 2.95. The smallest absolute Gasteiger partial charge is 0.248 e. The number of H-pyrrole nitrogens is 2. The van der Waals surface area contributed by atoms with E-state index in [0.29, 0.717) is 0 Å². The summed E-state index contributed by atoms with van der Waals surface area (Å²) in [6, 6.07) is 0. The number of nitrogens with zero attached hydrogens (tertiary/aromatic N) is 10. The number of hydrogen-bond acceptors (Lipinski definition) is 9. The van der Waals surface area contributed by atoms with Crippen LogP contribution in [0.15, 0.2) is 20.8 Å². The van der Waals surface area contributed by atoms with Crippen molar-refractivity contribution >= 4 is 11.9 Å². The molecular formula is C2H4N14. The zero-order valence-corrected chi connectivity index (χ0v) is 7.47. The number of tetrazole rings is 2. The summed E-state index contributed by atoms with van der Waals surface area (Å²) in [5, 5.41) is 38.4. The first-order valence-electron chi connectivity index (χ1n) is 3.74. The SMILES string of the molecule is N(/N=N/c1nn[nH]n1)=N\NNc1nn[nH]n1. The quantitative estimate of drug-likeness (QED) is 0.356. The number of nitrogens with one attached hydrogen (secondary N) is 4. The molecule has 2 rings (SSSR count). The van der Waals surface area contributed by atoms with Crippen molar-refractivity contribution in [1.82, 2.24) is 46.8 Å². The zero-order valence-electron chi connectivity index (χ0n) is 7.47. The van der Waals surface area contributed by atoms with E-state index in [2.05, 4.69) is 73.0 Å². The highest BCUT2D eigenvalue weighted by Crippen LogP contribution is 1.97. The van der Waals surface area contributed by atoms with Crippen LogP contribution < -0.4 is 11.0 Å². The summed E-state index contributed by atoms with van der Waals surface area (Å²) in [7, 11) is 0. The summed E-state index contributed by atoms with van der Waals surface area (Å²) in [6.45, 7) is 0. The van der Waals surface area contributed by atoms with Crippen LogP contribution in [0.5, 0.6) is 0 Å². The highest BCUT2D eigenvalue weighted by atomic mass is 15.7. The van der Waals surface area contributed by atoms with Crippen molar-refractivity contribution in [3.05, 3.63) is 0 Å². The van der Waals surface area contributed by atoms with E-state index in [1.54, 1.807) is 0 Å². The van der Waals surface area contributed by atoms with Crippen molar-refractivity contribution in [3.8, 4) is 0 Å². The van der Waals surface area contributed by atoms with Gasteiger partial charge in [-0.2, -0.15) is 16.0 Å². The molecule has 0 amide bonds. The van der Waals surface area contributed by atoms with Crippen LogP contribution in [0, 0.1) is 0 Å². The van der Waals surface area contributed by atoms with Crippen LogP contribution in [0.4, 0.5) is 11.9 Å². The van der Waals surface area contributed by atoms with Gasteiger partial charge in [0, 0.05) is 0 Å². The van der Waals surface area contributed by atoms with E-state index >= 15 is 0 Å². The second kappa shape index (κ2) is 4.98. The number of hydrogen-bond donors (Lipinski definition) is 4. The minimum absolute atomic E-state index is 0.0464. The highest BCUT2D eigenvalue weighted by Gasteiger charge is 1.92. The monoisotopic (exact) mass is 224 g/mol. The van der Waals surface area contributed by atoms with Crippen molar-refractivity contribution in [3.63, 3.8) is 0 Å². The van der Waals surface area contributed by atoms with E-state index in [4.69, 9.17) is 0 Å². The van der Waals surface area contributed by atoms with Gasteiger partial charge in [-0.1, -0.05) is 15.3 Å².